The van der Waals surface area contributed by atoms with Crippen LogP contribution in [0.2, 0.25) is 36.3 Å². The maximum atomic E-state index is 14.0. The van der Waals surface area contributed by atoms with Crippen LogP contribution in [0.15, 0.2) is 35.5 Å². The van der Waals surface area contributed by atoms with Gasteiger partial charge < -0.3 is 18.3 Å². The first-order valence-corrected chi connectivity index (χ1v) is 24.3. The van der Waals surface area contributed by atoms with Crippen molar-refractivity contribution in [3.63, 3.8) is 0 Å². The summed E-state index contributed by atoms with van der Waals surface area (Å²) in [6.45, 7) is 32.1. The maximum absolute atomic E-state index is 14.0. The lowest BCUT2D eigenvalue weighted by atomic mass is 9.61. The number of hydrogen-bond donors (Lipinski definition) is 0. The zero-order valence-corrected chi connectivity index (χ0v) is 35.1. The molecule has 6 atom stereocenters. The average Bonchev–Trinajstić information content (AvgIpc) is 3.29. The van der Waals surface area contributed by atoms with Gasteiger partial charge in [0.1, 0.15) is 19.0 Å². The molecule has 0 N–H and O–H groups in total. The molecule has 3 rings (SSSR count). The molecule has 3 unspecified atom stereocenters. The van der Waals surface area contributed by atoms with Crippen molar-refractivity contribution in [1.82, 2.24) is 0 Å². The summed E-state index contributed by atoms with van der Waals surface area (Å²) >= 11 is 0. The highest BCUT2D eigenvalue weighted by Crippen LogP contribution is 2.59. The van der Waals surface area contributed by atoms with E-state index in [1.54, 1.807) is 12.7 Å². The van der Waals surface area contributed by atoms with E-state index < -0.39 is 28.8 Å². The van der Waals surface area contributed by atoms with E-state index in [9.17, 15) is 4.79 Å². The summed E-state index contributed by atoms with van der Waals surface area (Å²) in [6.07, 6.45) is 17.3. The number of Topliss-reactive ketones (excluding diaryl/α,β-unsaturated/α-hetero) is 1. The Kier molecular flexibility index (Phi) is 13.1. The summed E-state index contributed by atoms with van der Waals surface area (Å²) < 4.78 is 24.7. The van der Waals surface area contributed by atoms with Gasteiger partial charge in [-0.15, -0.1) is 0 Å². The molecule has 47 heavy (non-hydrogen) atoms. The Bertz CT molecular complexity index is 1130. The lowest BCUT2D eigenvalue weighted by Gasteiger charge is -2.44. The molecule has 3 fully saturated rings. The van der Waals surface area contributed by atoms with E-state index in [0.29, 0.717) is 42.8 Å². The van der Waals surface area contributed by atoms with Gasteiger partial charge in [-0.05, 0) is 112 Å². The second-order valence-corrected chi connectivity index (χ2v) is 28.5. The Morgan fingerprint density at radius 2 is 1.45 bits per heavy atom. The van der Waals surface area contributed by atoms with Gasteiger partial charge in [0.05, 0.1) is 5.60 Å². The van der Waals surface area contributed by atoms with Crippen molar-refractivity contribution in [2.45, 2.75) is 175 Å². The minimum Gasteiger partial charge on any atom is -0.406 e. The Morgan fingerprint density at radius 3 is 1.96 bits per heavy atom. The number of ketones is 1. The molecule has 3 aliphatic rings. The van der Waals surface area contributed by atoms with Gasteiger partial charge in [-0.2, -0.15) is 0 Å². The molecule has 0 aromatic heterocycles. The quantitative estimate of drug-likeness (QED) is 0.116. The molecule has 7 heteroatoms. The van der Waals surface area contributed by atoms with Gasteiger partial charge in [0, 0.05) is 20.0 Å². The van der Waals surface area contributed by atoms with Crippen molar-refractivity contribution in [3.05, 3.63) is 35.5 Å². The van der Waals surface area contributed by atoms with Gasteiger partial charge in [-0.3, -0.25) is 4.79 Å². The molecule has 0 aromatic rings. The van der Waals surface area contributed by atoms with Crippen LogP contribution in [-0.2, 0) is 23.1 Å². The molecule has 0 bridgehead atoms. The van der Waals surface area contributed by atoms with Crippen LogP contribution >= 0.6 is 0 Å². The molecule has 0 heterocycles. The van der Waals surface area contributed by atoms with Crippen molar-refractivity contribution in [1.29, 1.82) is 0 Å². The molecule has 5 nitrogen and oxygen atoms in total. The smallest absolute Gasteiger partial charge is 0.193 e. The van der Waals surface area contributed by atoms with Crippen molar-refractivity contribution in [2.24, 2.45) is 23.2 Å². The third-order valence-corrected chi connectivity index (χ3v) is 21.8. The number of ether oxygens (including phenoxy) is 2. The van der Waals surface area contributed by atoms with Crippen LogP contribution in [0.3, 0.4) is 0 Å². The molecule has 3 aliphatic carbocycles. The summed E-state index contributed by atoms with van der Waals surface area (Å²) in [6, 6.07) is 0. The van der Waals surface area contributed by atoms with Crippen LogP contribution in [0.1, 0.15) is 121 Å². The normalized spacial score (nSPS) is 29.9. The molecule has 270 valence electrons. The van der Waals surface area contributed by atoms with E-state index in [4.69, 9.17) is 18.3 Å². The van der Waals surface area contributed by atoms with Crippen molar-refractivity contribution in [2.75, 3.05) is 13.9 Å². The summed E-state index contributed by atoms with van der Waals surface area (Å²) in [7, 11) is -2.61. The van der Waals surface area contributed by atoms with Crippen LogP contribution in [-0.4, -0.2) is 54.1 Å². The van der Waals surface area contributed by atoms with E-state index >= 15 is 0 Å². The Labute approximate surface area is 292 Å². The summed E-state index contributed by atoms with van der Waals surface area (Å²) in [5.41, 5.74) is 3.01. The molecule has 0 saturated heterocycles. The van der Waals surface area contributed by atoms with E-state index in [2.05, 4.69) is 120 Å². The van der Waals surface area contributed by atoms with Gasteiger partial charge in [0.2, 0.25) is 0 Å². The minimum absolute atomic E-state index is 0.0399. The predicted octanol–water partition coefficient (Wildman–Crippen LogP) is 11.2. The minimum atomic E-state index is -2.14. The molecular formula is C40H72O5Si2. The highest BCUT2D eigenvalue weighted by Gasteiger charge is 2.51. The first-order chi connectivity index (χ1) is 21.4. The zero-order valence-electron chi connectivity index (χ0n) is 33.1. The topological polar surface area (TPSA) is 54.0 Å². The fraction of sp³-hybridized carbons (Fsp3) is 0.825. The average molecular weight is 689 g/mol. The van der Waals surface area contributed by atoms with Crippen LogP contribution in [0, 0.1) is 23.2 Å². The molecule has 0 spiro atoms. The molecule has 0 aromatic carbocycles. The fourth-order valence-corrected chi connectivity index (χ4v) is 10.2. The number of rotatable bonds is 12. The third kappa shape index (κ3) is 9.91. The zero-order chi connectivity index (χ0) is 35.6. The lowest BCUT2D eigenvalue weighted by Crippen LogP contribution is -2.53. The molecule has 3 saturated carbocycles. The van der Waals surface area contributed by atoms with Crippen molar-refractivity contribution >= 4 is 22.4 Å². The maximum Gasteiger partial charge on any atom is 0.193 e. The molecule has 0 aliphatic heterocycles. The largest absolute Gasteiger partial charge is 0.406 e. The first-order valence-electron chi connectivity index (χ1n) is 18.5. The number of carbonyl (C=O) groups excluding carboxylic acids is 1. The summed E-state index contributed by atoms with van der Waals surface area (Å²) in [4.78, 5) is 14.0. The lowest BCUT2D eigenvalue weighted by molar-refractivity contribution is -0.135. The van der Waals surface area contributed by atoms with E-state index in [1.165, 1.54) is 37.7 Å². The number of methoxy groups -OCH3 is 1. The number of carbonyl (C=O) groups is 1. The second-order valence-electron chi connectivity index (χ2n) is 19.0. The van der Waals surface area contributed by atoms with Crippen LogP contribution in [0.25, 0.3) is 0 Å². The second kappa shape index (κ2) is 15.2. The van der Waals surface area contributed by atoms with E-state index in [-0.39, 0.29) is 21.5 Å². The monoisotopic (exact) mass is 688 g/mol. The fourth-order valence-electron chi connectivity index (χ4n) is 7.71. The Hall–Kier alpha value is -0.836. The number of hydrogen-bond acceptors (Lipinski definition) is 5. The molecule has 0 amide bonds. The van der Waals surface area contributed by atoms with Crippen molar-refractivity contribution < 1.29 is 23.1 Å². The molecule has 0 radical (unpaired) electrons. The van der Waals surface area contributed by atoms with Gasteiger partial charge in [-0.1, -0.05) is 90.8 Å². The Balaban J connectivity index is 1.84. The van der Waals surface area contributed by atoms with Crippen LogP contribution in [0.5, 0.6) is 0 Å². The SMILES string of the molecule is COCOC(C)(C)C/C=C/[C@@H](C)C1CCC2/C(=C/C=C3C[C@@H](O[Si](C)(C)C(C)(C)C)C(=O)[C@H](O[Si](C)(C)C(C)(C)C)C3)CCCC21C. The van der Waals surface area contributed by atoms with Crippen LogP contribution < -0.4 is 0 Å². The standard InChI is InChI=1S/C40H72O5Si2/c1-29(18-16-24-39(8,9)43-28-42-11)32-22-23-33-31(19-17-25-40(32,33)10)21-20-30-26-34(44-46(12,13)37(2,3)4)36(41)35(27-30)45-47(14,15)38(5,6)7/h16,18,20-21,29,32-35H,17,19,22-28H2,1-15H3/b18-16+,31-21+/t29-,32?,33?,34-,35-,40?/m1/s1. The van der Waals surface area contributed by atoms with Crippen molar-refractivity contribution in [3.8, 4) is 0 Å². The number of allylic oxidation sites excluding steroid dienone is 4. The van der Waals surface area contributed by atoms with Gasteiger partial charge in [-0.25, -0.2) is 0 Å². The first kappa shape index (κ1) is 40.6. The number of fused-ring (bicyclic) bond motifs is 1. The van der Waals surface area contributed by atoms with Gasteiger partial charge in [0.15, 0.2) is 22.4 Å². The summed E-state index contributed by atoms with van der Waals surface area (Å²) in [5, 5.41) is 0.0799. The van der Waals surface area contributed by atoms with E-state index in [0.717, 1.165) is 6.42 Å². The predicted molar refractivity (Wildman–Crippen MR) is 203 cm³/mol. The van der Waals surface area contributed by atoms with E-state index in [1.807, 2.05) is 0 Å². The van der Waals surface area contributed by atoms with Crippen LogP contribution in [0.4, 0.5) is 0 Å². The highest BCUT2D eigenvalue weighted by molar-refractivity contribution is 6.74. The summed E-state index contributed by atoms with van der Waals surface area (Å²) in [5.74, 6) is 2.00. The van der Waals surface area contributed by atoms with Gasteiger partial charge >= 0.3 is 0 Å². The highest BCUT2D eigenvalue weighted by atomic mass is 28.4. The van der Waals surface area contributed by atoms with Gasteiger partial charge in [0.25, 0.3) is 0 Å². The third-order valence-electron chi connectivity index (χ3n) is 12.8. The molecular weight excluding hydrogens is 617 g/mol. The Morgan fingerprint density at radius 1 is 0.894 bits per heavy atom.